The first-order valence-electron chi connectivity index (χ1n) is 6.77. The van der Waals surface area contributed by atoms with Gasteiger partial charge in [-0.25, -0.2) is 0 Å². The van der Waals surface area contributed by atoms with E-state index in [1.165, 1.54) is 5.56 Å². The van der Waals surface area contributed by atoms with Crippen molar-refractivity contribution in [2.45, 2.75) is 26.2 Å². The van der Waals surface area contributed by atoms with Gasteiger partial charge in [0.05, 0.1) is 11.9 Å². The first-order chi connectivity index (χ1) is 9.70. The molecule has 0 radical (unpaired) electrons. The summed E-state index contributed by atoms with van der Waals surface area (Å²) in [4.78, 5) is 4.05. The maximum absolute atomic E-state index is 5.35. The van der Waals surface area contributed by atoms with Crippen LogP contribution in [0.25, 0.3) is 0 Å². The van der Waals surface area contributed by atoms with Gasteiger partial charge in [0.1, 0.15) is 0 Å². The molecular formula is C16H19N3S. The van der Waals surface area contributed by atoms with Crippen LogP contribution in [0.4, 0.5) is 11.4 Å². The summed E-state index contributed by atoms with van der Waals surface area (Å²) in [5.74, 6) is 0.500. The molecule has 2 aromatic rings. The van der Waals surface area contributed by atoms with Crippen molar-refractivity contribution in [3.8, 4) is 0 Å². The molecule has 0 amide bonds. The summed E-state index contributed by atoms with van der Waals surface area (Å²) in [5, 5.41) is 6.98. The molecule has 1 atom stereocenters. The predicted molar refractivity (Wildman–Crippen MR) is 89.2 cm³/mol. The first-order valence-corrected chi connectivity index (χ1v) is 7.18. The SMILES string of the molecule is CC[C@H](C)c1ccccc1NC(=S)Nc1cccnc1. The minimum absolute atomic E-state index is 0.500. The molecule has 104 valence electrons. The fraction of sp³-hybridized carbons (Fsp3) is 0.250. The average molecular weight is 285 g/mol. The van der Waals surface area contributed by atoms with Crippen molar-refractivity contribution in [3.05, 3.63) is 54.4 Å². The molecule has 4 heteroatoms. The Labute approximate surface area is 125 Å². The van der Waals surface area contributed by atoms with Crippen LogP contribution in [0.2, 0.25) is 0 Å². The van der Waals surface area contributed by atoms with E-state index in [1.807, 2.05) is 18.2 Å². The van der Waals surface area contributed by atoms with Crippen molar-refractivity contribution in [2.75, 3.05) is 10.6 Å². The van der Waals surface area contributed by atoms with Gasteiger partial charge in [0, 0.05) is 11.9 Å². The Morgan fingerprint density at radius 1 is 1.20 bits per heavy atom. The smallest absolute Gasteiger partial charge is 0.175 e. The van der Waals surface area contributed by atoms with E-state index in [0.29, 0.717) is 11.0 Å². The summed E-state index contributed by atoms with van der Waals surface area (Å²) in [7, 11) is 0. The second kappa shape index (κ2) is 7.01. The standard InChI is InChI=1S/C16H19N3S/c1-3-12(2)14-8-4-5-9-15(14)19-16(20)18-13-7-6-10-17-11-13/h4-12H,3H2,1-2H3,(H2,18,19,20)/t12-/m0/s1. The number of para-hydroxylation sites is 1. The van der Waals surface area contributed by atoms with Crippen molar-refractivity contribution in [1.29, 1.82) is 0 Å². The Bertz CT molecular complexity index is 569. The molecule has 0 fully saturated rings. The summed E-state index contributed by atoms with van der Waals surface area (Å²) in [6, 6.07) is 12.1. The van der Waals surface area contributed by atoms with E-state index in [1.54, 1.807) is 12.4 Å². The lowest BCUT2D eigenvalue weighted by Crippen LogP contribution is -2.20. The van der Waals surface area contributed by atoms with Crippen molar-refractivity contribution < 1.29 is 0 Å². The highest BCUT2D eigenvalue weighted by molar-refractivity contribution is 7.80. The molecule has 0 unspecified atom stereocenters. The van der Waals surface area contributed by atoms with Gasteiger partial charge in [-0.15, -0.1) is 0 Å². The van der Waals surface area contributed by atoms with Crippen LogP contribution in [-0.2, 0) is 0 Å². The minimum atomic E-state index is 0.500. The van der Waals surface area contributed by atoms with Crippen LogP contribution >= 0.6 is 12.2 Å². The molecule has 0 aliphatic carbocycles. The van der Waals surface area contributed by atoms with Crippen LogP contribution in [0.15, 0.2) is 48.8 Å². The largest absolute Gasteiger partial charge is 0.332 e. The van der Waals surface area contributed by atoms with Crippen LogP contribution in [0.5, 0.6) is 0 Å². The van der Waals surface area contributed by atoms with Gasteiger partial charge in [-0.1, -0.05) is 32.0 Å². The third-order valence-corrected chi connectivity index (χ3v) is 3.48. The number of nitrogens with one attached hydrogen (secondary N) is 2. The monoisotopic (exact) mass is 285 g/mol. The van der Waals surface area contributed by atoms with Gasteiger partial charge in [-0.2, -0.15) is 0 Å². The number of benzene rings is 1. The number of pyridine rings is 1. The Kier molecular flexibility index (Phi) is 5.07. The summed E-state index contributed by atoms with van der Waals surface area (Å²) in [6.07, 6.45) is 4.58. The normalized spacial score (nSPS) is 11.7. The van der Waals surface area contributed by atoms with Gasteiger partial charge in [-0.3, -0.25) is 4.98 Å². The third kappa shape index (κ3) is 3.78. The highest BCUT2D eigenvalue weighted by Crippen LogP contribution is 2.26. The highest BCUT2D eigenvalue weighted by atomic mass is 32.1. The first kappa shape index (κ1) is 14.5. The van der Waals surface area contributed by atoms with Crippen molar-refractivity contribution in [3.63, 3.8) is 0 Å². The maximum atomic E-state index is 5.35. The number of hydrogen-bond donors (Lipinski definition) is 2. The molecule has 0 aliphatic rings. The molecule has 1 aromatic heterocycles. The molecule has 1 aromatic carbocycles. The quantitative estimate of drug-likeness (QED) is 0.816. The Morgan fingerprint density at radius 3 is 2.70 bits per heavy atom. The lowest BCUT2D eigenvalue weighted by molar-refractivity contribution is 0.736. The predicted octanol–water partition coefficient (Wildman–Crippen LogP) is 4.40. The zero-order valence-electron chi connectivity index (χ0n) is 11.8. The summed E-state index contributed by atoms with van der Waals surface area (Å²) in [5.41, 5.74) is 3.22. The summed E-state index contributed by atoms with van der Waals surface area (Å²) in [6.45, 7) is 4.41. The van der Waals surface area contributed by atoms with Crippen LogP contribution in [0.3, 0.4) is 0 Å². The third-order valence-electron chi connectivity index (χ3n) is 3.27. The van der Waals surface area contributed by atoms with Gasteiger partial charge < -0.3 is 10.6 Å². The van der Waals surface area contributed by atoms with Crippen molar-refractivity contribution in [1.82, 2.24) is 4.98 Å². The summed E-state index contributed by atoms with van der Waals surface area (Å²) < 4.78 is 0. The van der Waals surface area contributed by atoms with Crippen molar-refractivity contribution >= 4 is 28.7 Å². The molecular weight excluding hydrogens is 266 g/mol. The van der Waals surface area contributed by atoms with E-state index in [0.717, 1.165) is 17.8 Å². The Hall–Kier alpha value is -1.94. The van der Waals surface area contributed by atoms with E-state index >= 15 is 0 Å². The van der Waals surface area contributed by atoms with Crippen LogP contribution in [0, 0.1) is 0 Å². The van der Waals surface area contributed by atoms with E-state index in [2.05, 4.69) is 47.7 Å². The molecule has 2 rings (SSSR count). The molecule has 1 heterocycles. The number of thiocarbonyl (C=S) groups is 1. The van der Waals surface area contributed by atoms with Crippen LogP contribution in [0.1, 0.15) is 31.7 Å². The van der Waals surface area contributed by atoms with Crippen LogP contribution in [-0.4, -0.2) is 10.1 Å². The van der Waals surface area contributed by atoms with E-state index in [9.17, 15) is 0 Å². The van der Waals surface area contributed by atoms with E-state index in [-0.39, 0.29) is 0 Å². The van der Waals surface area contributed by atoms with Gasteiger partial charge >= 0.3 is 0 Å². The molecule has 0 aliphatic heterocycles. The van der Waals surface area contributed by atoms with Gasteiger partial charge in [0.15, 0.2) is 5.11 Å². The minimum Gasteiger partial charge on any atom is -0.332 e. The van der Waals surface area contributed by atoms with Gasteiger partial charge in [0.2, 0.25) is 0 Å². The van der Waals surface area contributed by atoms with Crippen molar-refractivity contribution in [2.24, 2.45) is 0 Å². The number of aromatic nitrogens is 1. The second-order valence-electron chi connectivity index (χ2n) is 4.72. The molecule has 3 nitrogen and oxygen atoms in total. The van der Waals surface area contributed by atoms with Crippen LogP contribution < -0.4 is 10.6 Å². The lowest BCUT2D eigenvalue weighted by atomic mass is 9.97. The lowest BCUT2D eigenvalue weighted by Gasteiger charge is -2.17. The molecule has 0 bridgehead atoms. The van der Waals surface area contributed by atoms with E-state index < -0.39 is 0 Å². The molecule has 20 heavy (non-hydrogen) atoms. The Balaban J connectivity index is 2.08. The van der Waals surface area contributed by atoms with E-state index in [4.69, 9.17) is 12.2 Å². The fourth-order valence-corrected chi connectivity index (χ4v) is 2.21. The average Bonchev–Trinajstić information content (AvgIpc) is 2.48. The van der Waals surface area contributed by atoms with Gasteiger partial charge in [0.25, 0.3) is 0 Å². The summed E-state index contributed by atoms with van der Waals surface area (Å²) >= 11 is 5.35. The fourth-order valence-electron chi connectivity index (χ4n) is 1.98. The molecule has 0 saturated heterocycles. The highest BCUT2D eigenvalue weighted by Gasteiger charge is 2.09. The topological polar surface area (TPSA) is 37.0 Å². The zero-order chi connectivity index (χ0) is 14.4. The molecule has 0 saturated carbocycles. The Morgan fingerprint density at radius 2 is 2.00 bits per heavy atom. The number of rotatable bonds is 4. The maximum Gasteiger partial charge on any atom is 0.175 e. The molecule has 2 N–H and O–H groups in total. The zero-order valence-corrected chi connectivity index (χ0v) is 12.6. The number of anilines is 2. The van der Waals surface area contributed by atoms with Gasteiger partial charge in [-0.05, 0) is 48.3 Å². The number of nitrogens with zero attached hydrogens (tertiary/aromatic N) is 1. The number of hydrogen-bond acceptors (Lipinski definition) is 2. The molecule has 0 spiro atoms. The second-order valence-corrected chi connectivity index (χ2v) is 5.13.